The van der Waals surface area contributed by atoms with Crippen LogP contribution in [0.1, 0.15) is 35.7 Å². The Labute approximate surface area is 124 Å². The quantitative estimate of drug-likeness (QED) is 0.804. The Morgan fingerprint density at radius 1 is 1.23 bits per heavy atom. The molecule has 0 spiro atoms. The van der Waals surface area contributed by atoms with Crippen LogP contribution in [0.3, 0.4) is 0 Å². The Bertz CT molecular complexity index is 648. The highest BCUT2D eigenvalue weighted by atomic mass is 19.4. The van der Waals surface area contributed by atoms with Crippen LogP contribution in [-0.2, 0) is 16.8 Å². The second kappa shape index (κ2) is 5.82. The normalized spacial score (nSPS) is 12.2. The van der Waals surface area contributed by atoms with Gasteiger partial charge in [-0.2, -0.15) is 13.2 Å². The van der Waals surface area contributed by atoms with E-state index >= 15 is 0 Å². The summed E-state index contributed by atoms with van der Waals surface area (Å²) in [6, 6.07) is 9.84. The van der Waals surface area contributed by atoms with Crippen LogP contribution in [0.2, 0.25) is 0 Å². The number of aromatic nitrogens is 1. The predicted molar refractivity (Wildman–Crippen MR) is 71.1 cm³/mol. The van der Waals surface area contributed by atoms with Crippen LogP contribution in [0.15, 0.2) is 40.9 Å². The Kier molecular flexibility index (Phi) is 4.25. The molecule has 0 fully saturated rings. The number of hydrogen-bond acceptors (Lipinski definition) is 4. The minimum Gasteiger partial charge on any atom is -0.455 e. The summed E-state index contributed by atoms with van der Waals surface area (Å²) in [7, 11) is 0. The molecule has 0 saturated heterocycles. The van der Waals surface area contributed by atoms with E-state index in [1.165, 1.54) is 0 Å². The van der Waals surface area contributed by atoms with Crippen molar-refractivity contribution >= 4 is 5.97 Å². The lowest BCUT2D eigenvalue weighted by atomic mass is 9.88. The van der Waals surface area contributed by atoms with Gasteiger partial charge in [-0.3, -0.25) is 0 Å². The van der Waals surface area contributed by atoms with Crippen molar-refractivity contribution in [3.63, 3.8) is 0 Å². The van der Waals surface area contributed by atoms with Crippen LogP contribution in [0, 0.1) is 0 Å². The Balaban J connectivity index is 2.07. The summed E-state index contributed by atoms with van der Waals surface area (Å²) in [6.07, 6.45) is -4.50. The van der Waals surface area contributed by atoms with Crippen LogP contribution in [0.4, 0.5) is 13.2 Å². The lowest BCUT2D eigenvalue weighted by Gasteiger charge is -2.24. The summed E-state index contributed by atoms with van der Waals surface area (Å²) in [6.45, 7) is 1.92. The van der Waals surface area contributed by atoms with Gasteiger partial charge < -0.3 is 9.26 Å². The number of carbonyl (C=O) groups is 1. The number of alkyl halides is 3. The number of esters is 1. The third kappa shape index (κ3) is 3.29. The Morgan fingerprint density at radius 3 is 2.45 bits per heavy atom. The first-order valence-corrected chi connectivity index (χ1v) is 6.47. The van der Waals surface area contributed by atoms with Crippen molar-refractivity contribution in [2.75, 3.05) is 0 Å². The molecule has 0 saturated carbocycles. The molecule has 0 aliphatic carbocycles. The lowest BCUT2D eigenvalue weighted by molar-refractivity contribution is -0.181. The van der Waals surface area contributed by atoms with E-state index in [1.807, 2.05) is 6.07 Å². The first kappa shape index (κ1) is 16.1. The van der Waals surface area contributed by atoms with Gasteiger partial charge in [0.1, 0.15) is 12.0 Å². The van der Waals surface area contributed by atoms with E-state index in [9.17, 15) is 18.0 Å². The highest BCUT2D eigenvalue weighted by molar-refractivity contribution is 5.86. The number of halogens is 3. The van der Waals surface area contributed by atoms with Crippen molar-refractivity contribution in [1.29, 1.82) is 0 Å². The molecule has 118 valence electrons. The van der Waals surface area contributed by atoms with Crippen molar-refractivity contribution in [2.45, 2.75) is 32.0 Å². The van der Waals surface area contributed by atoms with E-state index in [4.69, 9.17) is 4.74 Å². The smallest absolute Gasteiger partial charge is 0.399 e. The van der Waals surface area contributed by atoms with Gasteiger partial charge in [0, 0.05) is 6.07 Å². The standard InChI is InChI=1S/C15H14F3NO3/c1-14(2,15(16,17)18)12-8-11(22-19-12)13(20)21-9-10-6-4-3-5-7-10/h3-8H,9H2,1-2H3. The van der Waals surface area contributed by atoms with Gasteiger partial charge in [-0.1, -0.05) is 35.5 Å². The highest BCUT2D eigenvalue weighted by Gasteiger charge is 2.50. The zero-order valence-corrected chi connectivity index (χ0v) is 12.0. The number of carbonyl (C=O) groups excluding carboxylic acids is 1. The van der Waals surface area contributed by atoms with Gasteiger partial charge in [-0.15, -0.1) is 0 Å². The van der Waals surface area contributed by atoms with Gasteiger partial charge in [0.05, 0.1) is 5.69 Å². The van der Waals surface area contributed by atoms with E-state index in [1.54, 1.807) is 24.3 Å². The van der Waals surface area contributed by atoms with Crippen molar-refractivity contribution in [3.8, 4) is 0 Å². The fourth-order valence-electron chi connectivity index (χ4n) is 1.61. The summed E-state index contributed by atoms with van der Waals surface area (Å²) in [5, 5.41) is 3.33. The number of rotatable bonds is 4. The minimum absolute atomic E-state index is 0.00162. The fraction of sp³-hybridized carbons (Fsp3) is 0.333. The molecular weight excluding hydrogens is 299 g/mol. The van der Waals surface area contributed by atoms with Gasteiger partial charge in [0.2, 0.25) is 5.76 Å². The van der Waals surface area contributed by atoms with Crippen molar-refractivity contribution in [2.24, 2.45) is 0 Å². The molecule has 1 heterocycles. The van der Waals surface area contributed by atoms with Gasteiger partial charge in [-0.25, -0.2) is 4.79 Å². The fourth-order valence-corrected chi connectivity index (χ4v) is 1.61. The summed E-state index contributed by atoms with van der Waals surface area (Å²) in [4.78, 5) is 11.8. The number of nitrogens with zero attached hydrogens (tertiary/aromatic N) is 1. The zero-order chi connectivity index (χ0) is 16.4. The second-order valence-electron chi connectivity index (χ2n) is 5.26. The molecule has 7 heteroatoms. The molecule has 22 heavy (non-hydrogen) atoms. The molecule has 0 aliphatic rings. The Hall–Kier alpha value is -2.31. The summed E-state index contributed by atoms with van der Waals surface area (Å²) >= 11 is 0. The van der Waals surface area contributed by atoms with E-state index in [2.05, 4.69) is 9.68 Å². The predicted octanol–water partition coefficient (Wildman–Crippen LogP) is 3.87. The average molecular weight is 313 g/mol. The van der Waals surface area contributed by atoms with E-state index < -0.39 is 17.6 Å². The molecule has 0 aliphatic heterocycles. The van der Waals surface area contributed by atoms with E-state index in [0.29, 0.717) is 0 Å². The first-order chi connectivity index (χ1) is 10.2. The molecule has 1 aromatic carbocycles. The molecule has 1 aromatic heterocycles. The van der Waals surface area contributed by atoms with Crippen LogP contribution < -0.4 is 0 Å². The molecule has 0 unspecified atom stereocenters. The van der Waals surface area contributed by atoms with Crippen LogP contribution in [0.25, 0.3) is 0 Å². The van der Waals surface area contributed by atoms with Crippen LogP contribution in [-0.4, -0.2) is 17.3 Å². The molecule has 0 amide bonds. The molecule has 0 radical (unpaired) electrons. The molecular formula is C15H14F3NO3. The topological polar surface area (TPSA) is 52.3 Å². The molecule has 0 N–H and O–H groups in total. The maximum absolute atomic E-state index is 12.9. The number of ether oxygens (including phenoxy) is 1. The SMILES string of the molecule is CC(C)(c1cc(C(=O)OCc2ccccc2)on1)C(F)(F)F. The van der Waals surface area contributed by atoms with Crippen molar-refractivity contribution in [1.82, 2.24) is 5.16 Å². The van der Waals surface area contributed by atoms with Gasteiger partial charge >= 0.3 is 12.1 Å². The largest absolute Gasteiger partial charge is 0.455 e. The summed E-state index contributed by atoms with van der Waals surface area (Å²) in [5.41, 5.74) is -1.83. The maximum Gasteiger partial charge on any atom is 0.399 e. The highest BCUT2D eigenvalue weighted by Crippen LogP contribution is 2.39. The van der Waals surface area contributed by atoms with E-state index in [-0.39, 0.29) is 18.1 Å². The van der Waals surface area contributed by atoms with Crippen molar-refractivity contribution in [3.05, 3.63) is 53.4 Å². The third-order valence-electron chi connectivity index (χ3n) is 3.27. The molecule has 0 atom stereocenters. The monoisotopic (exact) mass is 313 g/mol. The Morgan fingerprint density at radius 2 is 1.86 bits per heavy atom. The number of benzene rings is 1. The molecule has 4 nitrogen and oxygen atoms in total. The maximum atomic E-state index is 12.9. The summed E-state index contributed by atoms with van der Waals surface area (Å²) < 4.78 is 48.3. The molecule has 2 rings (SSSR count). The zero-order valence-electron chi connectivity index (χ0n) is 12.0. The van der Waals surface area contributed by atoms with Crippen LogP contribution in [0.5, 0.6) is 0 Å². The third-order valence-corrected chi connectivity index (χ3v) is 3.27. The average Bonchev–Trinajstić information content (AvgIpc) is 2.95. The molecule has 0 bridgehead atoms. The van der Waals surface area contributed by atoms with E-state index in [0.717, 1.165) is 25.5 Å². The number of hydrogen-bond donors (Lipinski definition) is 0. The molecule has 2 aromatic rings. The first-order valence-electron chi connectivity index (χ1n) is 6.47. The minimum atomic E-state index is -4.50. The van der Waals surface area contributed by atoms with Gasteiger partial charge in [-0.05, 0) is 19.4 Å². The lowest BCUT2D eigenvalue weighted by Crippen LogP contribution is -2.36. The van der Waals surface area contributed by atoms with Crippen LogP contribution >= 0.6 is 0 Å². The van der Waals surface area contributed by atoms with Gasteiger partial charge in [0.25, 0.3) is 0 Å². The summed E-state index contributed by atoms with van der Waals surface area (Å²) in [5.74, 6) is -1.22. The van der Waals surface area contributed by atoms with Crippen molar-refractivity contribution < 1.29 is 27.2 Å². The second-order valence-corrected chi connectivity index (χ2v) is 5.26. The van der Waals surface area contributed by atoms with Gasteiger partial charge in [0.15, 0.2) is 0 Å².